The molecule has 1 saturated heterocycles. The SMILES string of the molecule is CC.CC.CC.CCCC.CNC.COC.COC(CCCCC/C(C)=C/CC(=O)CCCC/C(C)=C/C1CCC(N)C(OC2CC2)C1)C[C@@H](C)C(C)(O)C(=O)C(=O)N1CCCCC1C(=O)O. The van der Waals surface area contributed by atoms with Crippen LogP contribution in [0, 0.1) is 11.8 Å². The molecule has 0 spiro atoms. The van der Waals surface area contributed by atoms with Crippen LogP contribution in [0.2, 0.25) is 0 Å². The second-order valence-electron chi connectivity index (χ2n) is 18.0. The fourth-order valence-corrected chi connectivity index (χ4v) is 7.56. The van der Waals surface area contributed by atoms with Crippen LogP contribution in [0.3, 0.4) is 0 Å². The lowest BCUT2D eigenvalue weighted by atomic mass is 9.81. The predicted octanol–water partition coefficient (Wildman–Crippen LogP) is 11.8. The lowest BCUT2D eigenvalue weighted by Gasteiger charge is -2.36. The second kappa shape index (κ2) is 45.9. The lowest BCUT2D eigenvalue weighted by molar-refractivity contribution is -0.163. The highest BCUT2D eigenvalue weighted by molar-refractivity contribution is 6.39. The van der Waals surface area contributed by atoms with Gasteiger partial charge in [-0.15, -0.1) is 0 Å². The molecule has 1 heterocycles. The van der Waals surface area contributed by atoms with Crippen LogP contribution in [-0.4, -0.2) is 117 Å². The molecule has 0 aromatic carbocycles. The Labute approximate surface area is 412 Å². The van der Waals surface area contributed by atoms with Crippen molar-refractivity contribution in [3.63, 3.8) is 0 Å². The van der Waals surface area contributed by atoms with E-state index in [1.807, 2.05) is 55.6 Å². The van der Waals surface area contributed by atoms with Crippen LogP contribution < -0.4 is 11.1 Å². The van der Waals surface area contributed by atoms with Crippen molar-refractivity contribution >= 4 is 23.4 Å². The first-order valence-electron chi connectivity index (χ1n) is 26.5. The average Bonchev–Trinajstić information content (AvgIpc) is 4.16. The Hall–Kier alpha value is -2.48. The molecule has 1 aliphatic heterocycles. The van der Waals surface area contributed by atoms with Gasteiger partial charge in [-0.2, -0.15) is 0 Å². The zero-order chi connectivity index (χ0) is 52.4. The molecule has 2 saturated carbocycles. The summed E-state index contributed by atoms with van der Waals surface area (Å²) in [6, 6.07) is -0.865. The molecule has 5 N–H and O–H groups in total. The summed E-state index contributed by atoms with van der Waals surface area (Å²) in [5.74, 6) is -2.73. The maximum atomic E-state index is 13.1. The van der Waals surface area contributed by atoms with E-state index in [1.54, 1.807) is 28.3 Å². The quantitative estimate of drug-likeness (QED) is 0.0411. The number of aliphatic hydroxyl groups is 1. The van der Waals surface area contributed by atoms with Crippen LogP contribution in [-0.2, 0) is 33.4 Å². The number of ketones is 2. The number of carboxylic acid groups (broad SMARTS) is 1. The number of hydrogen-bond acceptors (Lipinski definition) is 10. The molecule has 3 fully saturated rings. The third kappa shape index (κ3) is 34.5. The van der Waals surface area contributed by atoms with Gasteiger partial charge in [-0.1, -0.05) is 111 Å². The molecule has 12 nitrogen and oxygen atoms in total. The van der Waals surface area contributed by atoms with Gasteiger partial charge in [-0.25, -0.2) is 4.79 Å². The van der Waals surface area contributed by atoms with Crippen molar-refractivity contribution in [3.8, 4) is 0 Å². The smallest absolute Gasteiger partial charge is 0.326 e. The molecule has 0 radical (unpaired) electrons. The maximum absolute atomic E-state index is 13.1. The maximum Gasteiger partial charge on any atom is 0.326 e. The van der Waals surface area contributed by atoms with Crippen LogP contribution in [0.5, 0.6) is 0 Å². The number of carbonyl (C=O) groups is 4. The molecule has 0 aromatic heterocycles. The van der Waals surface area contributed by atoms with E-state index < -0.39 is 35.2 Å². The van der Waals surface area contributed by atoms with Crippen LogP contribution in [0.1, 0.15) is 218 Å². The Morgan fingerprint density at radius 1 is 0.821 bits per heavy atom. The zero-order valence-electron chi connectivity index (χ0n) is 46.5. The van der Waals surface area contributed by atoms with Crippen molar-refractivity contribution in [2.24, 2.45) is 17.6 Å². The number of allylic oxidation sites excluding steroid dienone is 4. The van der Waals surface area contributed by atoms with Crippen molar-refractivity contribution in [2.75, 3.05) is 42.0 Å². The van der Waals surface area contributed by atoms with Crippen LogP contribution >= 0.6 is 0 Å². The van der Waals surface area contributed by atoms with E-state index in [0.717, 1.165) is 75.5 Å². The van der Waals surface area contributed by atoms with Crippen molar-refractivity contribution in [1.29, 1.82) is 0 Å². The largest absolute Gasteiger partial charge is 0.480 e. The highest BCUT2D eigenvalue weighted by Crippen LogP contribution is 2.34. The minimum absolute atomic E-state index is 0.170. The average molecular weight is 956 g/mol. The van der Waals surface area contributed by atoms with E-state index in [4.69, 9.17) is 15.2 Å². The fraction of sp³-hybridized carbons (Fsp3) is 0.855. The summed E-state index contributed by atoms with van der Waals surface area (Å²) in [5, 5.41) is 23.4. The number of nitrogens with two attached hydrogens (primary N) is 1. The summed E-state index contributed by atoms with van der Waals surface area (Å²) in [5.41, 5.74) is 7.02. The molecule has 1 amide bonds. The lowest BCUT2D eigenvalue weighted by Crippen LogP contribution is -2.56. The first kappa shape index (κ1) is 71.1. The first-order valence-corrected chi connectivity index (χ1v) is 26.5. The molecule has 0 bridgehead atoms. The number of methoxy groups -OCH3 is 2. The molecule has 2 aliphatic carbocycles. The number of rotatable bonds is 24. The molecule has 6 unspecified atom stereocenters. The minimum Gasteiger partial charge on any atom is -0.480 e. The minimum atomic E-state index is -1.93. The van der Waals surface area contributed by atoms with Crippen LogP contribution in [0.25, 0.3) is 0 Å². The second-order valence-corrected chi connectivity index (χ2v) is 18.0. The van der Waals surface area contributed by atoms with Gasteiger partial charge in [0.25, 0.3) is 11.7 Å². The third-order valence-corrected chi connectivity index (χ3v) is 12.0. The van der Waals surface area contributed by atoms with Gasteiger partial charge in [-0.3, -0.25) is 14.4 Å². The van der Waals surface area contributed by atoms with Gasteiger partial charge < -0.3 is 40.4 Å². The predicted molar refractivity (Wildman–Crippen MR) is 282 cm³/mol. The number of unbranched alkanes of at least 4 members (excludes halogenated alkanes) is 4. The summed E-state index contributed by atoms with van der Waals surface area (Å²) in [4.78, 5) is 51.3. The fourth-order valence-electron chi connectivity index (χ4n) is 7.56. The summed E-state index contributed by atoms with van der Waals surface area (Å²) in [6.45, 7) is 23.9. The van der Waals surface area contributed by atoms with E-state index in [2.05, 4.69) is 49.9 Å². The van der Waals surface area contributed by atoms with Crippen molar-refractivity contribution in [1.82, 2.24) is 10.2 Å². The molecular formula is C55H109N3O9. The Kier molecular flexibility index (Phi) is 48.7. The summed E-state index contributed by atoms with van der Waals surface area (Å²) in [7, 11) is 8.61. The molecule has 67 heavy (non-hydrogen) atoms. The molecule has 12 heteroatoms. The number of carbonyl (C=O) groups excluding carboxylic acids is 3. The first-order chi connectivity index (χ1) is 32.0. The van der Waals surface area contributed by atoms with Crippen molar-refractivity contribution in [2.45, 2.75) is 254 Å². The number of piperidine rings is 1. The number of nitrogens with zero attached hydrogens (tertiary/aromatic N) is 1. The third-order valence-electron chi connectivity index (χ3n) is 12.0. The van der Waals surface area contributed by atoms with Crippen molar-refractivity contribution in [3.05, 3.63) is 23.3 Å². The summed E-state index contributed by atoms with van der Waals surface area (Å²) >= 11 is 0. The number of nitrogens with one attached hydrogen (secondary N) is 1. The standard InChI is InChI=1S/C41H68N2O8.C4H10.C2H7N.C2H6O.3C2H6/c1-28(18-20-32(44)15-10-9-14-29(2)25-31-19-23-35(42)37(27-31)51-33-21-22-33)13-7-6-8-16-34(50-5)26-30(3)41(4,49)38(45)39(46)43-24-12-11-17-36(43)40(47)48;1-3-4-2;2*1-3-2;3*1-2/h18,25,30-31,33-37,49H,6-17,19-24,26-27,42H2,1-5H3,(H,47,48);3-4H2,1-2H3;3H,1-2H3;1-2H3;3*1-2H3/b28-18+,29-25+;;;;;;/t30-,31?,34?,35?,36?,37?,41?;;;;;;/m1....../s1. The number of carboxylic acids is 1. The number of ether oxygens (including phenoxy) is 3. The molecule has 3 aliphatic rings. The number of likely N-dealkylation sites (tertiary alicyclic amines) is 1. The molecular weight excluding hydrogens is 847 g/mol. The van der Waals surface area contributed by atoms with E-state index in [0.29, 0.717) is 56.3 Å². The number of hydrogen-bond donors (Lipinski definition) is 4. The van der Waals surface area contributed by atoms with Crippen LogP contribution in [0.15, 0.2) is 23.3 Å². The molecule has 0 aromatic rings. The molecule has 398 valence electrons. The van der Waals surface area contributed by atoms with Gasteiger partial charge in [-0.05, 0) is 143 Å². The Morgan fingerprint density at radius 2 is 1.36 bits per heavy atom. The number of amides is 1. The van der Waals surface area contributed by atoms with Gasteiger partial charge >= 0.3 is 5.97 Å². The van der Waals surface area contributed by atoms with Crippen molar-refractivity contribution < 1.29 is 43.6 Å². The Morgan fingerprint density at radius 3 is 1.88 bits per heavy atom. The van der Waals surface area contributed by atoms with E-state index in [9.17, 15) is 29.4 Å². The van der Waals surface area contributed by atoms with E-state index >= 15 is 0 Å². The highest BCUT2D eigenvalue weighted by atomic mass is 16.5. The van der Waals surface area contributed by atoms with Gasteiger partial charge in [0.05, 0.1) is 18.3 Å². The van der Waals surface area contributed by atoms with Gasteiger partial charge in [0, 0.05) is 46.8 Å². The monoisotopic (exact) mass is 956 g/mol. The van der Waals surface area contributed by atoms with Gasteiger partial charge in [0.1, 0.15) is 17.4 Å². The summed E-state index contributed by atoms with van der Waals surface area (Å²) < 4.78 is 16.1. The van der Waals surface area contributed by atoms with E-state index in [-0.39, 0.29) is 24.8 Å². The normalized spacial score (nSPS) is 20.7. The topological polar surface area (TPSA) is 178 Å². The Balaban J connectivity index is -0.00000109. The van der Waals surface area contributed by atoms with E-state index in [1.165, 1.54) is 43.8 Å². The summed E-state index contributed by atoms with van der Waals surface area (Å²) in [6.07, 6.45) is 23.9. The Bertz CT molecular complexity index is 1280. The number of aliphatic carboxylic acids is 1. The van der Waals surface area contributed by atoms with Gasteiger partial charge in [0.15, 0.2) is 0 Å². The highest BCUT2D eigenvalue weighted by Gasteiger charge is 2.45. The zero-order valence-corrected chi connectivity index (χ0v) is 46.5. The van der Waals surface area contributed by atoms with Crippen LogP contribution in [0.4, 0.5) is 0 Å². The van der Waals surface area contributed by atoms with Gasteiger partial charge in [0.2, 0.25) is 0 Å². The molecule has 3 rings (SSSR count). The number of Topliss-reactive ketones (excluding diaryl/α,β-unsaturated/α-hetero) is 2. The molecule has 7 atom stereocenters.